The molecule has 1 atom stereocenters. The molecule has 4 rings (SSSR count). The fourth-order valence-electron chi connectivity index (χ4n) is 4.69. The fourth-order valence-corrected chi connectivity index (χ4v) is 5.34. The molecule has 1 saturated carbocycles. The zero-order valence-electron chi connectivity index (χ0n) is 16.0. The topological polar surface area (TPSA) is 61.4 Å². The molecule has 0 radical (unpaired) electrons. The summed E-state index contributed by atoms with van der Waals surface area (Å²) in [6.07, 6.45) is 7.93. The smallest absolute Gasteiger partial charge is 0.204 e. The van der Waals surface area contributed by atoms with Gasteiger partial charge >= 0.3 is 0 Å². The van der Waals surface area contributed by atoms with E-state index < -0.39 is 0 Å². The third-order valence-corrected chi connectivity index (χ3v) is 7.20. The number of nitrogens with one attached hydrogen (secondary N) is 1. The van der Waals surface area contributed by atoms with Gasteiger partial charge in [-0.05, 0) is 67.4 Å². The molecule has 5 nitrogen and oxygen atoms in total. The van der Waals surface area contributed by atoms with E-state index in [-0.39, 0.29) is 0 Å². The van der Waals surface area contributed by atoms with Crippen molar-refractivity contribution in [2.75, 3.05) is 26.8 Å². The van der Waals surface area contributed by atoms with Gasteiger partial charge in [-0.15, -0.1) is 0 Å². The number of halogens is 1. The summed E-state index contributed by atoms with van der Waals surface area (Å²) in [5.74, 6) is 2.04. The Balaban J connectivity index is 1.31. The molecule has 2 aliphatic carbocycles. The molecular formula is C21H28BrN3O2. The molecule has 1 N–H and O–H groups in total. The van der Waals surface area contributed by atoms with Crippen LogP contribution >= 0.6 is 15.9 Å². The van der Waals surface area contributed by atoms with Crippen LogP contribution in [-0.4, -0.2) is 43.8 Å². The van der Waals surface area contributed by atoms with Crippen molar-refractivity contribution in [1.82, 2.24) is 10.2 Å². The highest BCUT2D eigenvalue weighted by Gasteiger charge is 2.28. The Morgan fingerprint density at radius 2 is 2.07 bits per heavy atom. The van der Waals surface area contributed by atoms with Crippen molar-refractivity contribution < 1.29 is 9.15 Å². The van der Waals surface area contributed by atoms with Crippen LogP contribution in [0.1, 0.15) is 55.6 Å². The summed E-state index contributed by atoms with van der Waals surface area (Å²) in [5, 5.41) is 12.8. The maximum absolute atomic E-state index is 9.06. The van der Waals surface area contributed by atoms with Crippen molar-refractivity contribution in [2.24, 2.45) is 5.92 Å². The second kappa shape index (κ2) is 8.38. The molecule has 0 bridgehead atoms. The van der Waals surface area contributed by atoms with Crippen LogP contribution in [0, 0.1) is 17.2 Å². The molecule has 2 heterocycles. The van der Waals surface area contributed by atoms with E-state index in [1.807, 2.05) is 6.07 Å². The molecule has 0 spiro atoms. The molecule has 1 aromatic rings. The van der Waals surface area contributed by atoms with Gasteiger partial charge in [0.2, 0.25) is 5.76 Å². The Bertz CT molecular complexity index is 737. The Labute approximate surface area is 169 Å². The predicted molar refractivity (Wildman–Crippen MR) is 108 cm³/mol. The Kier molecular flexibility index (Phi) is 5.91. The summed E-state index contributed by atoms with van der Waals surface area (Å²) in [5.41, 5.74) is 2.29. The average molecular weight is 434 g/mol. The number of furan rings is 1. The van der Waals surface area contributed by atoms with Crippen LogP contribution in [0.2, 0.25) is 0 Å². The van der Waals surface area contributed by atoms with Gasteiger partial charge in [0.05, 0.1) is 6.61 Å². The highest BCUT2D eigenvalue weighted by Crippen LogP contribution is 2.37. The van der Waals surface area contributed by atoms with Gasteiger partial charge in [-0.25, -0.2) is 0 Å². The molecule has 27 heavy (non-hydrogen) atoms. The number of rotatable bonds is 5. The highest BCUT2D eigenvalue weighted by atomic mass is 79.9. The quantitative estimate of drug-likeness (QED) is 0.759. The number of fused-ring (bicyclic) bond motifs is 1. The Morgan fingerprint density at radius 1 is 1.26 bits per heavy atom. The lowest BCUT2D eigenvalue weighted by Gasteiger charge is -2.37. The zero-order chi connectivity index (χ0) is 18.8. The van der Waals surface area contributed by atoms with Crippen LogP contribution in [0.4, 0.5) is 0 Å². The van der Waals surface area contributed by atoms with E-state index in [1.54, 1.807) is 0 Å². The van der Waals surface area contributed by atoms with E-state index in [9.17, 15) is 0 Å². The highest BCUT2D eigenvalue weighted by molar-refractivity contribution is 9.15. The zero-order valence-corrected chi connectivity index (χ0v) is 17.6. The number of nitriles is 1. The monoisotopic (exact) mass is 433 g/mol. The first-order valence-electron chi connectivity index (χ1n) is 10.1. The standard InChI is InChI=1S/C21H28BrN3O2/c1-25(12-14-8-9-26-13-14)16-4-2-15(3-5-16)24-19-6-7-20-18(21(19)22)10-17(11-23)27-20/h10,14-16,24H,2-9,12-13H2,1H3. The Hall–Kier alpha value is -1.29. The van der Waals surface area contributed by atoms with E-state index in [0.717, 1.165) is 47.8 Å². The predicted octanol–water partition coefficient (Wildman–Crippen LogP) is 4.03. The van der Waals surface area contributed by atoms with Gasteiger partial charge in [-0.2, -0.15) is 5.26 Å². The molecule has 1 aromatic heterocycles. The van der Waals surface area contributed by atoms with Crippen molar-refractivity contribution in [2.45, 2.75) is 57.0 Å². The molecular weight excluding hydrogens is 406 g/mol. The lowest BCUT2D eigenvalue weighted by molar-refractivity contribution is 0.138. The van der Waals surface area contributed by atoms with Crippen LogP contribution in [0.5, 0.6) is 0 Å². The second-order valence-electron chi connectivity index (χ2n) is 8.17. The second-order valence-corrected chi connectivity index (χ2v) is 8.96. The lowest BCUT2D eigenvalue weighted by Crippen LogP contribution is -2.42. The first-order chi connectivity index (χ1) is 13.1. The molecule has 1 aliphatic heterocycles. The van der Waals surface area contributed by atoms with Crippen molar-refractivity contribution in [1.29, 1.82) is 5.26 Å². The van der Waals surface area contributed by atoms with Crippen LogP contribution < -0.4 is 5.32 Å². The number of hydrogen-bond acceptors (Lipinski definition) is 5. The van der Waals surface area contributed by atoms with E-state index in [2.05, 4.69) is 39.3 Å². The van der Waals surface area contributed by atoms with Crippen molar-refractivity contribution in [3.8, 4) is 6.07 Å². The van der Waals surface area contributed by atoms with Crippen LogP contribution in [-0.2, 0) is 11.2 Å². The van der Waals surface area contributed by atoms with Gasteiger partial charge in [0.25, 0.3) is 0 Å². The molecule has 0 aromatic carbocycles. The molecule has 0 amide bonds. The fraction of sp³-hybridized carbons (Fsp3) is 0.667. The molecule has 6 heteroatoms. The molecule has 2 fully saturated rings. The summed E-state index contributed by atoms with van der Waals surface area (Å²) in [4.78, 5) is 2.56. The number of nitrogens with zero attached hydrogens (tertiary/aromatic N) is 2. The van der Waals surface area contributed by atoms with Gasteiger partial charge in [0.15, 0.2) is 0 Å². The molecule has 1 saturated heterocycles. The molecule has 146 valence electrons. The Morgan fingerprint density at radius 3 is 2.78 bits per heavy atom. The molecule has 1 unspecified atom stereocenters. The van der Waals surface area contributed by atoms with Crippen molar-refractivity contribution in [3.63, 3.8) is 0 Å². The van der Waals surface area contributed by atoms with Crippen molar-refractivity contribution >= 4 is 20.4 Å². The minimum atomic E-state index is 0.398. The lowest BCUT2D eigenvalue weighted by atomic mass is 9.89. The van der Waals surface area contributed by atoms with Crippen LogP contribution in [0.15, 0.2) is 16.2 Å². The third-order valence-electron chi connectivity index (χ3n) is 6.29. The maximum Gasteiger partial charge on any atom is 0.204 e. The number of ether oxygens (including phenoxy) is 1. The summed E-state index contributed by atoms with van der Waals surface area (Å²) in [6, 6.07) is 5.18. The summed E-state index contributed by atoms with van der Waals surface area (Å²) in [6.45, 7) is 3.05. The number of hydrogen-bond donors (Lipinski definition) is 1. The van der Waals surface area contributed by atoms with Crippen molar-refractivity contribution in [3.05, 3.63) is 28.8 Å². The number of aryl methyl sites for hydroxylation is 1. The summed E-state index contributed by atoms with van der Waals surface area (Å²) >= 11 is 3.73. The minimum absolute atomic E-state index is 0.398. The van der Waals surface area contributed by atoms with E-state index >= 15 is 0 Å². The number of allylic oxidation sites excluding steroid dienone is 1. The first-order valence-corrected chi connectivity index (χ1v) is 10.9. The van der Waals surface area contributed by atoms with Gasteiger partial charge in [-0.3, -0.25) is 0 Å². The van der Waals surface area contributed by atoms with Gasteiger partial charge in [0, 0.05) is 53.5 Å². The first kappa shape index (κ1) is 19.0. The van der Waals surface area contributed by atoms with Gasteiger partial charge < -0.3 is 19.4 Å². The van der Waals surface area contributed by atoms with E-state index in [1.165, 1.54) is 44.3 Å². The van der Waals surface area contributed by atoms with Gasteiger partial charge in [0.1, 0.15) is 11.8 Å². The SMILES string of the molecule is CN(CC1CCOC1)C1CCC(NC2=C(Br)c3cc(C#N)oc3CC2)CC1. The van der Waals surface area contributed by atoms with Gasteiger partial charge in [-0.1, -0.05) is 0 Å². The van der Waals surface area contributed by atoms with Crippen LogP contribution in [0.3, 0.4) is 0 Å². The van der Waals surface area contributed by atoms with E-state index in [4.69, 9.17) is 14.4 Å². The maximum atomic E-state index is 9.06. The third kappa shape index (κ3) is 4.26. The average Bonchev–Trinajstić information content (AvgIpc) is 3.34. The largest absolute Gasteiger partial charge is 0.450 e. The van der Waals surface area contributed by atoms with E-state index in [0.29, 0.717) is 17.8 Å². The molecule has 3 aliphatic rings. The summed E-state index contributed by atoms with van der Waals surface area (Å²) < 4.78 is 12.2. The summed E-state index contributed by atoms with van der Waals surface area (Å²) in [7, 11) is 2.28. The minimum Gasteiger partial charge on any atom is -0.450 e. The van der Waals surface area contributed by atoms with Crippen LogP contribution in [0.25, 0.3) is 4.48 Å². The normalized spacial score (nSPS) is 28.3.